The van der Waals surface area contributed by atoms with Crippen LogP contribution in [0.15, 0.2) is 12.1 Å². The molecule has 0 aliphatic carbocycles. The lowest BCUT2D eigenvalue weighted by Gasteiger charge is -1.99. The molecule has 0 amide bonds. The number of ether oxygens (including phenoxy) is 1. The third kappa shape index (κ3) is 1.81. The summed E-state index contributed by atoms with van der Waals surface area (Å²) in [6, 6.07) is 2.95. The molecule has 5 heteroatoms. The molecule has 4 nitrogen and oxygen atoms in total. The fraction of sp³-hybridized carbons (Fsp3) is 0. The quantitative estimate of drug-likeness (QED) is 0.531. The third-order valence-electron chi connectivity index (χ3n) is 1.03. The van der Waals surface area contributed by atoms with Crippen molar-refractivity contribution in [2.45, 2.75) is 0 Å². The fourth-order valence-corrected chi connectivity index (χ4v) is 0.743. The zero-order chi connectivity index (χ0) is 8.27. The topological polar surface area (TPSA) is 65.2 Å². The average molecular weight is 173 g/mol. The Bertz CT molecular complexity index is 277. The number of carbonyl (C=O) groups is 1. The van der Waals surface area contributed by atoms with Crippen molar-refractivity contribution < 1.29 is 9.53 Å². The highest BCUT2D eigenvalue weighted by Gasteiger charge is 2.00. The number of aromatic nitrogens is 1. The van der Waals surface area contributed by atoms with Gasteiger partial charge in [0.05, 0.1) is 0 Å². The van der Waals surface area contributed by atoms with Crippen molar-refractivity contribution in [1.29, 1.82) is 0 Å². The van der Waals surface area contributed by atoms with Crippen LogP contribution in [0, 0.1) is 0 Å². The Morgan fingerprint density at radius 2 is 2.36 bits per heavy atom. The van der Waals surface area contributed by atoms with E-state index in [-0.39, 0.29) is 23.2 Å². The van der Waals surface area contributed by atoms with Gasteiger partial charge in [-0.1, -0.05) is 11.6 Å². The second-order valence-corrected chi connectivity index (χ2v) is 2.12. The molecule has 0 saturated heterocycles. The van der Waals surface area contributed by atoms with Crippen molar-refractivity contribution in [2.75, 3.05) is 5.73 Å². The van der Waals surface area contributed by atoms with Crippen LogP contribution in [0.4, 0.5) is 5.82 Å². The van der Waals surface area contributed by atoms with E-state index in [0.29, 0.717) is 0 Å². The van der Waals surface area contributed by atoms with Gasteiger partial charge in [0.15, 0.2) is 11.6 Å². The second-order valence-electron chi connectivity index (χ2n) is 1.73. The Morgan fingerprint density at radius 3 is 2.91 bits per heavy atom. The van der Waals surface area contributed by atoms with Crippen LogP contribution >= 0.6 is 11.6 Å². The van der Waals surface area contributed by atoms with E-state index in [1.54, 1.807) is 0 Å². The van der Waals surface area contributed by atoms with Crippen LogP contribution < -0.4 is 10.5 Å². The van der Waals surface area contributed by atoms with Crippen LogP contribution in [-0.4, -0.2) is 11.5 Å². The summed E-state index contributed by atoms with van der Waals surface area (Å²) in [6.45, 7) is 0.279. The number of carbonyl (C=O) groups excluding carboxylic acids is 1. The van der Waals surface area contributed by atoms with E-state index in [2.05, 4.69) is 9.72 Å². The standard InChI is InChI=1S/C6H5ClN2O2/c7-5-2-1-4(11-3-10)6(8)9-5/h1-3H,(H2,8,9). The molecule has 1 rings (SSSR count). The first-order valence-corrected chi connectivity index (χ1v) is 3.14. The van der Waals surface area contributed by atoms with Crippen molar-refractivity contribution in [3.05, 3.63) is 17.3 Å². The van der Waals surface area contributed by atoms with E-state index in [9.17, 15) is 4.79 Å². The molecule has 0 atom stereocenters. The molecule has 1 aromatic heterocycles. The third-order valence-corrected chi connectivity index (χ3v) is 1.24. The predicted molar refractivity (Wildman–Crippen MR) is 40.4 cm³/mol. The molecular weight excluding hydrogens is 168 g/mol. The Labute approximate surface area is 67.9 Å². The molecule has 0 aliphatic heterocycles. The Hall–Kier alpha value is -1.29. The summed E-state index contributed by atoms with van der Waals surface area (Å²) in [5.41, 5.74) is 5.33. The minimum atomic E-state index is 0.101. The van der Waals surface area contributed by atoms with E-state index in [1.165, 1.54) is 12.1 Å². The minimum Gasteiger partial charge on any atom is -0.425 e. The van der Waals surface area contributed by atoms with E-state index < -0.39 is 0 Å². The van der Waals surface area contributed by atoms with Crippen molar-refractivity contribution in [1.82, 2.24) is 4.98 Å². The van der Waals surface area contributed by atoms with Gasteiger partial charge in [-0.15, -0.1) is 0 Å². The molecule has 0 aromatic carbocycles. The number of hydrogen-bond acceptors (Lipinski definition) is 4. The van der Waals surface area contributed by atoms with Gasteiger partial charge in [0, 0.05) is 0 Å². The summed E-state index contributed by atoms with van der Waals surface area (Å²) in [5.74, 6) is 0.314. The molecule has 0 radical (unpaired) electrons. The number of pyridine rings is 1. The Morgan fingerprint density at radius 1 is 1.64 bits per heavy atom. The molecule has 0 spiro atoms. The zero-order valence-corrected chi connectivity index (χ0v) is 6.21. The highest BCUT2D eigenvalue weighted by Crippen LogP contribution is 2.19. The summed E-state index contributed by atoms with van der Waals surface area (Å²) in [5, 5.41) is 0.265. The molecule has 0 aliphatic rings. The molecule has 0 saturated carbocycles. The summed E-state index contributed by atoms with van der Waals surface area (Å²) in [7, 11) is 0. The average Bonchev–Trinajstić information content (AvgIpc) is 1.95. The van der Waals surface area contributed by atoms with Crippen LogP contribution in [0.5, 0.6) is 5.75 Å². The Kier molecular flexibility index (Phi) is 2.28. The molecule has 0 unspecified atom stereocenters. The van der Waals surface area contributed by atoms with Gasteiger partial charge in [0.2, 0.25) is 0 Å². The van der Waals surface area contributed by atoms with Crippen molar-refractivity contribution in [2.24, 2.45) is 0 Å². The monoisotopic (exact) mass is 172 g/mol. The maximum absolute atomic E-state index is 9.87. The fourth-order valence-electron chi connectivity index (χ4n) is 0.589. The largest absolute Gasteiger partial charge is 0.425 e. The van der Waals surface area contributed by atoms with E-state index in [1.807, 2.05) is 0 Å². The number of anilines is 1. The van der Waals surface area contributed by atoms with Crippen LogP contribution in [0.25, 0.3) is 0 Å². The first kappa shape index (κ1) is 7.81. The lowest BCUT2D eigenvalue weighted by atomic mass is 10.4. The van der Waals surface area contributed by atoms with Crippen LogP contribution in [0.3, 0.4) is 0 Å². The molecule has 2 N–H and O–H groups in total. The van der Waals surface area contributed by atoms with Crippen LogP contribution in [0.2, 0.25) is 5.15 Å². The maximum atomic E-state index is 9.87. The first-order chi connectivity index (χ1) is 5.24. The number of nitrogens with two attached hydrogens (primary N) is 1. The maximum Gasteiger partial charge on any atom is 0.298 e. The van der Waals surface area contributed by atoms with Crippen LogP contribution in [0.1, 0.15) is 0 Å². The molecule has 0 bridgehead atoms. The summed E-state index contributed by atoms with van der Waals surface area (Å²) < 4.78 is 4.46. The van der Waals surface area contributed by atoms with Crippen molar-refractivity contribution in [3.63, 3.8) is 0 Å². The number of halogens is 1. The van der Waals surface area contributed by atoms with Gasteiger partial charge >= 0.3 is 0 Å². The van der Waals surface area contributed by atoms with Crippen LogP contribution in [-0.2, 0) is 4.79 Å². The predicted octanol–water partition coefficient (Wildman–Crippen LogP) is 0.852. The molecule has 11 heavy (non-hydrogen) atoms. The van der Waals surface area contributed by atoms with Gasteiger partial charge in [-0.05, 0) is 12.1 Å². The minimum absolute atomic E-state index is 0.101. The Balaban J connectivity index is 2.98. The molecule has 1 aromatic rings. The van der Waals surface area contributed by atoms with Gasteiger partial charge in [0.1, 0.15) is 5.15 Å². The smallest absolute Gasteiger partial charge is 0.298 e. The number of nitrogen functional groups attached to an aromatic ring is 1. The molecular formula is C6H5ClN2O2. The van der Waals surface area contributed by atoms with Gasteiger partial charge in [0.25, 0.3) is 6.47 Å². The summed E-state index contributed by atoms with van der Waals surface area (Å²) in [6.07, 6.45) is 0. The summed E-state index contributed by atoms with van der Waals surface area (Å²) in [4.78, 5) is 13.5. The molecule has 0 fully saturated rings. The van der Waals surface area contributed by atoms with Gasteiger partial charge < -0.3 is 10.5 Å². The van der Waals surface area contributed by atoms with Gasteiger partial charge in [-0.3, -0.25) is 4.79 Å². The van der Waals surface area contributed by atoms with Crippen molar-refractivity contribution >= 4 is 23.9 Å². The van der Waals surface area contributed by atoms with E-state index >= 15 is 0 Å². The number of rotatable bonds is 2. The zero-order valence-electron chi connectivity index (χ0n) is 5.45. The SMILES string of the molecule is Nc1nc(Cl)ccc1OC=O. The normalized spacial score (nSPS) is 9.18. The van der Waals surface area contributed by atoms with E-state index in [4.69, 9.17) is 17.3 Å². The summed E-state index contributed by atoms with van der Waals surface area (Å²) >= 11 is 5.48. The number of nitrogens with zero attached hydrogens (tertiary/aromatic N) is 1. The number of hydrogen-bond donors (Lipinski definition) is 1. The molecule has 58 valence electrons. The highest BCUT2D eigenvalue weighted by molar-refractivity contribution is 6.29. The van der Waals surface area contributed by atoms with Gasteiger partial charge in [-0.2, -0.15) is 0 Å². The molecule has 1 heterocycles. The first-order valence-electron chi connectivity index (χ1n) is 2.76. The lowest BCUT2D eigenvalue weighted by Crippen LogP contribution is -1.97. The second kappa shape index (κ2) is 3.21. The van der Waals surface area contributed by atoms with E-state index in [0.717, 1.165) is 0 Å². The lowest BCUT2D eigenvalue weighted by molar-refractivity contribution is -0.120. The van der Waals surface area contributed by atoms with Crippen molar-refractivity contribution in [3.8, 4) is 5.75 Å². The highest BCUT2D eigenvalue weighted by atomic mass is 35.5. The van der Waals surface area contributed by atoms with Gasteiger partial charge in [-0.25, -0.2) is 4.98 Å².